The van der Waals surface area contributed by atoms with Gasteiger partial charge in [0, 0.05) is 4.47 Å². The van der Waals surface area contributed by atoms with E-state index >= 15 is 0 Å². The molecule has 0 amide bonds. The lowest BCUT2D eigenvalue weighted by Gasteiger charge is -2.05. The van der Waals surface area contributed by atoms with Gasteiger partial charge in [0.15, 0.2) is 0 Å². The lowest BCUT2D eigenvalue weighted by atomic mass is 10.2. The second kappa shape index (κ2) is 4.98. The Labute approximate surface area is 108 Å². The van der Waals surface area contributed by atoms with E-state index in [1.807, 2.05) is 32.0 Å². The monoisotopic (exact) mass is 295 g/mol. The zero-order valence-corrected chi connectivity index (χ0v) is 11.3. The van der Waals surface area contributed by atoms with Crippen LogP contribution >= 0.6 is 15.9 Å². The minimum atomic E-state index is -0.545. The number of aliphatic hydroxyl groups excluding tert-OH is 1. The number of hydrogen-bond donors (Lipinski definition) is 1. The summed E-state index contributed by atoms with van der Waals surface area (Å²) < 4.78 is 2.68. The van der Waals surface area contributed by atoms with Crippen LogP contribution in [0.25, 0.3) is 5.69 Å². The van der Waals surface area contributed by atoms with Gasteiger partial charge in [0.25, 0.3) is 0 Å². The zero-order valence-electron chi connectivity index (χ0n) is 9.76. The van der Waals surface area contributed by atoms with Gasteiger partial charge in [0.1, 0.15) is 5.69 Å². The van der Waals surface area contributed by atoms with Gasteiger partial charge in [-0.15, -0.1) is 5.10 Å². The van der Waals surface area contributed by atoms with Gasteiger partial charge in [-0.05, 0) is 31.0 Å². The summed E-state index contributed by atoms with van der Waals surface area (Å²) in [6, 6.07) is 5.97. The van der Waals surface area contributed by atoms with Crippen LogP contribution < -0.4 is 0 Å². The van der Waals surface area contributed by atoms with Crippen LogP contribution in [0.1, 0.15) is 30.7 Å². The molecule has 0 aliphatic carbocycles. The van der Waals surface area contributed by atoms with Crippen molar-refractivity contribution in [1.82, 2.24) is 15.0 Å². The second-order valence-corrected chi connectivity index (χ2v) is 4.86. The number of rotatable bonds is 3. The number of halogens is 1. The Balaban J connectivity index is 2.40. The molecule has 0 aliphatic heterocycles. The number of aryl methyl sites for hydroxylation is 1. The van der Waals surface area contributed by atoms with Crippen LogP contribution in [0.5, 0.6) is 0 Å². The molecule has 0 radical (unpaired) electrons. The van der Waals surface area contributed by atoms with Crippen molar-refractivity contribution in [3.63, 3.8) is 0 Å². The Morgan fingerprint density at radius 1 is 1.47 bits per heavy atom. The molecule has 5 heteroatoms. The SMILES string of the molecule is CCC(O)c1cn(-c2cc(Br)ccc2C)nn1. The molecule has 90 valence electrons. The molecule has 0 spiro atoms. The van der Waals surface area contributed by atoms with E-state index < -0.39 is 6.10 Å². The summed E-state index contributed by atoms with van der Waals surface area (Å²) in [5.74, 6) is 0. The Bertz CT molecular complexity index is 524. The summed E-state index contributed by atoms with van der Waals surface area (Å²) in [4.78, 5) is 0. The Morgan fingerprint density at radius 3 is 2.94 bits per heavy atom. The van der Waals surface area contributed by atoms with E-state index in [0.717, 1.165) is 15.7 Å². The number of aromatic nitrogens is 3. The third-order valence-electron chi connectivity index (χ3n) is 2.66. The van der Waals surface area contributed by atoms with Gasteiger partial charge < -0.3 is 5.11 Å². The smallest absolute Gasteiger partial charge is 0.112 e. The average Bonchev–Trinajstić information content (AvgIpc) is 2.80. The molecule has 0 bridgehead atoms. The molecule has 1 heterocycles. The first-order valence-corrected chi connectivity index (χ1v) is 6.28. The predicted molar refractivity (Wildman–Crippen MR) is 69.0 cm³/mol. The minimum absolute atomic E-state index is 0.545. The van der Waals surface area contributed by atoms with E-state index in [0.29, 0.717) is 12.1 Å². The molecule has 0 aliphatic rings. The maximum Gasteiger partial charge on any atom is 0.112 e. The molecule has 4 nitrogen and oxygen atoms in total. The summed E-state index contributed by atoms with van der Waals surface area (Å²) in [6.45, 7) is 3.92. The number of hydrogen-bond acceptors (Lipinski definition) is 3. The summed E-state index contributed by atoms with van der Waals surface area (Å²) in [5, 5.41) is 17.7. The molecule has 2 rings (SSSR count). The summed E-state index contributed by atoms with van der Waals surface area (Å²) in [7, 11) is 0. The van der Waals surface area contributed by atoms with Crippen molar-refractivity contribution >= 4 is 15.9 Å². The van der Waals surface area contributed by atoms with Gasteiger partial charge >= 0.3 is 0 Å². The predicted octanol–water partition coefficient (Wildman–Crippen LogP) is 2.78. The molecule has 1 aromatic heterocycles. The quantitative estimate of drug-likeness (QED) is 0.947. The van der Waals surface area contributed by atoms with Crippen LogP contribution in [-0.4, -0.2) is 20.1 Å². The van der Waals surface area contributed by atoms with Crippen LogP contribution in [0.2, 0.25) is 0 Å². The lowest BCUT2D eigenvalue weighted by Crippen LogP contribution is -1.98. The van der Waals surface area contributed by atoms with Crippen molar-refractivity contribution in [2.24, 2.45) is 0 Å². The highest BCUT2D eigenvalue weighted by Gasteiger charge is 2.11. The molecule has 1 N–H and O–H groups in total. The van der Waals surface area contributed by atoms with Crippen LogP contribution in [0.15, 0.2) is 28.9 Å². The maximum absolute atomic E-state index is 9.69. The summed E-state index contributed by atoms with van der Waals surface area (Å²) in [6.07, 6.45) is 1.86. The van der Waals surface area contributed by atoms with Crippen LogP contribution in [0, 0.1) is 6.92 Å². The highest BCUT2D eigenvalue weighted by Crippen LogP contribution is 2.20. The Kier molecular flexibility index (Phi) is 3.59. The van der Waals surface area contributed by atoms with Gasteiger partial charge in [-0.2, -0.15) is 0 Å². The van der Waals surface area contributed by atoms with Gasteiger partial charge in [-0.3, -0.25) is 0 Å². The van der Waals surface area contributed by atoms with Gasteiger partial charge in [-0.1, -0.05) is 34.1 Å². The molecule has 1 unspecified atom stereocenters. The van der Waals surface area contributed by atoms with Crippen molar-refractivity contribution in [3.05, 3.63) is 40.1 Å². The molecular formula is C12H14BrN3O. The van der Waals surface area contributed by atoms with Gasteiger partial charge in [-0.25, -0.2) is 4.68 Å². The van der Waals surface area contributed by atoms with Crippen molar-refractivity contribution in [2.75, 3.05) is 0 Å². The van der Waals surface area contributed by atoms with Crippen molar-refractivity contribution in [1.29, 1.82) is 0 Å². The van der Waals surface area contributed by atoms with E-state index in [1.54, 1.807) is 10.9 Å². The Morgan fingerprint density at radius 2 is 2.24 bits per heavy atom. The standard InChI is InChI=1S/C12H14BrN3O/c1-3-12(17)10-7-16(15-14-10)11-6-9(13)5-4-8(11)2/h4-7,12,17H,3H2,1-2H3. The minimum Gasteiger partial charge on any atom is -0.387 e. The lowest BCUT2D eigenvalue weighted by molar-refractivity contribution is 0.169. The molecule has 0 saturated carbocycles. The Hall–Kier alpha value is -1.20. The molecule has 0 saturated heterocycles. The maximum atomic E-state index is 9.69. The number of benzene rings is 1. The molecule has 1 atom stereocenters. The average molecular weight is 296 g/mol. The third kappa shape index (κ3) is 2.56. The van der Waals surface area contributed by atoms with Gasteiger partial charge in [0.2, 0.25) is 0 Å². The highest BCUT2D eigenvalue weighted by atomic mass is 79.9. The fourth-order valence-electron chi connectivity index (χ4n) is 1.59. The largest absolute Gasteiger partial charge is 0.387 e. The number of aliphatic hydroxyl groups is 1. The number of nitrogens with zero attached hydrogens (tertiary/aromatic N) is 3. The van der Waals surface area contributed by atoms with Gasteiger partial charge in [0.05, 0.1) is 18.0 Å². The first-order valence-electron chi connectivity index (χ1n) is 5.48. The molecule has 2 aromatic rings. The molecule has 0 fully saturated rings. The van der Waals surface area contributed by atoms with Crippen molar-refractivity contribution < 1.29 is 5.11 Å². The summed E-state index contributed by atoms with van der Waals surface area (Å²) in [5.41, 5.74) is 2.67. The first-order chi connectivity index (χ1) is 8.11. The second-order valence-electron chi connectivity index (χ2n) is 3.94. The van der Waals surface area contributed by atoms with Crippen LogP contribution in [-0.2, 0) is 0 Å². The third-order valence-corrected chi connectivity index (χ3v) is 3.15. The van der Waals surface area contributed by atoms with E-state index in [9.17, 15) is 5.11 Å². The topological polar surface area (TPSA) is 50.9 Å². The van der Waals surface area contributed by atoms with E-state index in [1.165, 1.54) is 0 Å². The highest BCUT2D eigenvalue weighted by molar-refractivity contribution is 9.10. The zero-order chi connectivity index (χ0) is 12.4. The van der Waals surface area contributed by atoms with E-state index in [4.69, 9.17) is 0 Å². The van der Waals surface area contributed by atoms with Crippen LogP contribution in [0.3, 0.4) is 0 Å². The van der Waals surface area contributed by atoms with Crippen LogP contribution in [0.4, 0.5) is 0 Å². The fourth-order valence-corrected chi connectivity index (χ4v) is 1.93. The van der Waals surface area contributed by atoms with Crippen molar-refractivity contribution in [2.45, 2.75) is 26.4 Å². The molecule has 1 aromatic carbocycles. The fraction of sp³-hybridized carbons (Fsp3) is 0.333. The molecule has 17 heavy (non-hydrogen) atoms. The van der Waals surface area contributed by atoms with E-state index in [-0.39, 0.29) is 0 Å². The summed E-state index contributed by atoms with van der Waals surface area (Å²) >= 11 is 3.43. The normalized spacial score (nSPS) is 12.7. The van der Waals surface area contributed by atoms with E-state index in [2.05, 4.69) is 26.2 Å². The molecular weight excluding hydrogens is 282 g/mol. The van der Waals surface area contributed by atoms with Crippen molar-refractivity contribution in [3.8, 4) is 5.69 Å². The first kappa shape index (κ1) is 12.3.